The SMILES string of the molecule is COc1ccc2c(c1)CN(S(C)(=O)=O)CCC1COC(=O)N21. The average molecular weight is 326 g/mol. The van der Waals surface area contributed by atoms with Gasteiger partial charge in [0.15, 0.2) is 0 Å². The molecule has 1 aromatic rings. The number of rotatable bonds is 2. The van der Waals surface area contributed by atoms with Crippen molar-refractivity contribution in [1.29, 1.82) is 0 Å². The van der Waals surface area contributed by atoms with Gasteiger partial charge in [-0.2, -0.15) is 4.31 Å². The molecule has 1 unspecified atom stereocenters. The Morgan fingerprint density at radius 2 is 2.14 bits per heavy atom. The molecule has 2 aliphatic heterocycles. The second-order valence-corrected chi connectivity index (χ2v) is 7.46. The molecule has 22 heavy (non-hydrogen) atoms. The van der Waals surface area contributed by atoms with Crippen LogP contribution in [0.15, 0.2) is 18.2 Å². The Labute approximate surface area is 129 Å². The van der Waals surface area contributed by atoms with Crippen LogP contribution in [0.1, 0.15) is 12.0 Å². The van der Waals surface area contributed by atoms with E-state index in [-0.39, 0.29) is 25.3 Å². The van der Waals surface area contributed by atoms with E-state index in [2.05, 4.69) is 0 Å². The molecule has 1 amide bonds. The van der Waals surface area contributed by atoms with Gasteiger partial charge < -0.3 is 9.47 Å². The number of carbonyl (C=O) groups excluding carboxylic acids is 1. The van der Waals surface area contributed by atoms with Crippen LogP contribution in [0.25, 0.3) is 0 Å². The molecule has 3 rings (SSSR count). The summed E-state index contributed by atoms with van der Waals surface area (Å²) >= 11 is 0. The highest BCUT2D eigenvalue weighted by Crippen LogP contribution is 2.34. The topological polar surface area (TPSA) is 76.1 Å². The lowest BCUT2D eigenvalue weighted by Gasteiger charge is -2.31. The number of fused-ring (bicyclic) bond motifs is 3. The van der Waals surface area contributed by atoms with E-state index in [1.54, 1.807) is 30.2 Å². The Hall–Kier alpha value is -1.80. The number of benzene rings is 1. The molecule has 2 heterocycles. The standard InChI is InChI=1S/C14H18N2O5S/c1-20-12-3-4-13-10(7-12)8-15(22(2,18)19)6-5-11-9-21-14(17)16(11)13/h3-4,7,11H,5-6,8-9H2,1-2H3. The zero-order chi connectivity index (χ0) is 15.9. The van der Waals surface area contributed by atoms with Gasteiger partial charge in [-0.1, -0.05) is 0 Å². The number of anilines is 1. The Morgan fingerprint density at radius 3 is 2.82 bits per heavy atom. The van der Waals surface area contributed by atoms with Crippen molar-refractivity contribution in [3.05, 3.63) is 23.8 Å². The molecule has 0 saturated carbocycles. The lowest BCUT2D eigenvalue weighted by molar-refractivity contribution is 0.178. The normalized spacial score (nSPS) is 22.4. The molecular formula is C14H18N2O5S. The van der Waals surface area contributed by atoms with E-state index in [4.69, 9.17) is 9.47 Å². The van der Waals surface area contributed by atoms with E-state index in [0.29, 0.717) is 24.4 Å². The zero-order valence-electron chi connectivity index (χ0n) is 12.5. The Kier molecular flexibility index (Phi) is 3.73. The minimum Gasteiger partial charge on any atom is -0.497 e. The fourth-order valence-corrected chi connectivity index (χ4v) is 3.67. The molecule has 0 aliphatic carbocycles. The summed E-state index contributed by atoms with van der Waals surface area (Å²) in [5, 5.41) is 0. The minimum atomic E-state index is -3.32. The molecule has 2 aliphatic rings. The van der Waals surface area contributed by atoms with Gasteiger partial charge in [-0.25, -0.2) is 13.2 Å². The Balaban J connectivity index is 2.09. The first-order valence-corrected chi connectivity index (χ1v) is 8.83. The number of cyclic esters (lactones) is 1. The van der Waals surface area contributed by atoms with Crippen LogP contribution < -0.4 is 9.64 Å². The van der Waals surface area contributed by atoms with E-state index < -0.39 is 10.0 Å². The number of hydrogen-bond acceptors (Lipinski definition) is 5. The van der Waals surface area contributed by atoms with Crippen molar-refractivity contribution < 1.29 is 22.7 Å². The van der Waals surface area contributed by atoms with Gasteiger partial charge in [-0.05, 0) is 30.2 Å². The van der Waals surface area contributed by atoms with Gasteiger partial charge in [-0.3, -0.25) is 4.90 Å². The monoisotopic (exact) mass is 326 g/mol. The number of carbonyl (C=O) groups is 1. The van der Waals surface area contributed by atoms with Crippen LogP contribution in [-0.4, -0.2) is 51.4 Å². The number of nitrogens with zero attached hydrogens (tertiary/aromatic N) is 2. The third-order valence-corrected chi connectivity index (χ3v) is 5.28. The maximum atomic E-state index is 12.0. The third-order valence-electron chi connectivity index (χ3n) is 4.03. The summed E-state index contributed by atoms with van der Waals surface area (Å²) in [5.41, 5.74) is 1.41. The van der Waals surface area contributed by atoms with Gasteiger partial charge in [0.05, 0.1) is 25.1 Å². The number of amides is 1. The molecular weight excluding hydrogens is 308 g/mol. The molecule has 120 valence electrons. The van der Waals surface area contributed by atoms with Gasteiger partial charge in [0.2, 0.25) is 10.0 Å². The van der Waals surface area contributed by atoms with Crippen LogP contribution in [0.2, 0.25) is 0 Å². The third kappa shape index (κ3) is 2.64. The Bertz CT molecular complexity index is 703. The molecule has 1 saturated heterocycles. The van der Waals surface area contributed by atoms with Crippen LogP contribution in [0.4, 0.5) is 10.5 Å². The predicted molar refractivity (Wildman–Crippen MR) is 80.5 cm³/mol. The lowest BCUT2D eigenvalue weighted by Crippen LogP contribution is -2.41. The van der Waals surface area contributed by atoms with E-state index in [9.17, 15) is 13.2 Å². The largest absolute Gasteiger partial charge is 0.497 e. The van der Waals surface area contributed by atoms with Gasteiger partial charge in [0.25, 0.3) is 0 Å². The summed E-state index contributed by atoms with van der Waals surface area (Å²) < 4.78 is 35.7. The summed E-state index contributed by atoms with van der Waals surface area (Å²) in [5.74, 6) is 0.622. The molecule has 8 heteroatoms. The summed E-state index contributed by atoms with van der Waals surface area (Å²) in [7, 11) is -1.77. The fraction of sp³-hybridized carbons (Fsp3) is 0.500. The van der Waals surface area contributed by atoms with Gasteiger partial charge in [-0.15, -0.1) is 0 Å². The number of methoxy groups -OCH3 is 1. The van der Waals surface area contributed by atoms with Crippen molar-refractivity contribution in [3.8, 4) is 5.75 Å². The quantitative estimate of drug-likeness (QED) is 0.816. The summed E-state index contributed by atoms with van der Waals surface area (Å²) in [6.45, 7) is 0.844. The summed E-state index contributed by atoms with van der Waals surface area (Å²) in [4.78, 5) is 13.6. The van der Waals surface area contributed by atoms with Crippen molar-refractivity contribution in [3.63, 3.8) is 0 Å². The predicted octanol–water partition coefficient (Wildman–Crippen LogP) is 1.19. The highest BCUT2D eigenvalue weighted by Gasteiger charge is 2.38. The molecule has 1 fully saturated rings. The molecule has 0 bridgehead atoms. The average Bonchev–Trinajstić information content (AvgIpc) is 2.79. The molecule has 0 N–H and O–H groups in total. The van der Waals surface area contributed by atoms with Crippen molar-refractivity contribution in [2.24, 2.45) is 0 Å². The maximum absolute atomic E-state index is 12.0. The van der Waals surface area contributed by atoms with Crippen LogP contribution in [0, 0.1) is 0 Å². The first-order chi connectivity index (χ1) is 10.4. The smallest absolute Gasteiger partial charge is 0.414 e. The van der Waals surface area contributed by atoms with Crippen LogP contribution in [-0.2, 0) is 21.3 Å². The van der Waals surface area contributed by atoms with E-state index in [1.165, 1.54) is 10.6 Å². The summed E-state index contributed by atoms with van der Waals surface area (Å²) in [6.07, 6.45) is 1.36. The molecule has 7 nitrogen and oxygen atoms in total. The zero-order valence-corrected chi connectivity index (χ0v) is 13.3. The van der Waals surface area contributed by atoms with Gasteiger partial charge in [0, 0.05) is 13.1 Å². The van der Waals surface area contributed by atoms with Crippen molar-refractivity contribution in [1.82, 2.24) is 4.31 Å². The molecule has 0 aromatic heterocycles. The molecule has 0 spiro atoms. The van der Waals surface area contributed by atoms with Crippen LogP contribution >= 0.6 is 0 Å². The first kappa shape index (κ1) is 15.1. The highest BCUT2D eigenvalue weighted by atomic mass is 32.2. The highest BCUT2D eigenvalue weighted by molar-refractivity contribution is 7.88. The van der Waals surface area contributed by atoms with Crippen LogP contribution in [0.3, 0.4) is 0 Å². The van der Waals surface area contributed by atoms with Gasteiger partial charge in [0.1, 0.15) is 12.4 Å². The first-order valence-electron chi connectivity index (χ1n) is 6.98. The number of ether oxygens (including phenoxy) is 2. The summed E-state index contributed by atoms with van der Waals surface area (Å²) in [6, 6.07) is 5.15. The van der Waals surface area contributed by atoms with Crippen molar-refractivity contribution >= 4 is 21.8 Å². The van der Waals surface area contributed by atoms with Crippen molar-refractivity contribution in [2.75, 3.05) is 31.4 Å². The fourth-order valence-electron chi connectivity index (χ4n) is 2.86. The second kappa shape index (κ2) is 5.44. The molecule has 1 aromatic carbocycles. The van der Waals surface area contributed by atoms with E-state index >= 15 is 0 Å². The minimum absolute atomic E-state index is 0.149. The molecule has 1 atom stereocenters. The molecule has 0 radical (unpaired) electrons. The number of hydrogen-bond donors (Lipinski definition) is 0. The Morgan fingerprint density at radius 1 is 1.36 bits per heavy atom. The number of sulfonamides is 1. The lowest BCUT2D eigenvalue weighted by atomic mass is 10.1. The second-order valence-electron chi connectivity index (χ2n) is 5.48. The van der Waals surface area contributed by atoms with E-state index in [1.807, 2.05) is 0 Å². The van der Waals surface area contributed by atoms with E-state index in [0.717, 1.165) is 5.56 Å². The van der Waals surface area contributed by atoms with Crippen molar-refractivity contribution in [2.45, 2.75) is 19.0 Å². The van der Waals surface area contributed by atoms with Gasteiger partial charge >= 0.3 is 6.09 Å². The maximum Gasteiger partial charge on any atom is 0.414 e. The van der Waals surface area contributed by atoms with Crippen LogP contribution in [0.5, 0.6) is 5.75 Å².